The third kappa shape index (κ3) is 7.62. The molecular weight excluding hydrogens is 849 g/mol. The van der Waals surface area contributed by atoms with Crippen LogP contribution in [0, 0.1) is 13.8 Å². The van der Waals surface area contributed by atoms with E-state index in [4.69, 9.17) is 0 Å². The third-order valence-electron chi connectivity index (χ3n) is 13.4. The number of benzene rings is 12. The standard InChI is InChI=1S/C66H50N4/c1-47-33-37-55(38-34-47)69(53-29-17-7-18-30-53)63-45-61(67(49-21-9-3-10-22-49)50-23-11-4-12-24-50)57-42-44-60-64(70(54-31-19-8-20-32-54)56-39-35-48(2)36-40-56)46-62(58-41-43-59(63)65(57)66(58)60)68(51-25-13-5-14-26-51)52-27-15-6-16-28-52/h3-46H,1-2H3. The molecule has 0 radical (unpaired) electrons. The van der Waals surface area contributed by atoms with Crippen LogP contribution in [0.2, 0.25) is 0 Å². The van der Waals surface area contributed by atoms with Crippen LogP contribution < -0.4 is 19.6 Å². The minimum atomic E-state index is 1.08. The summed E-state index contributed by atoms with van der Waals surface area (Å²) in [5.41, 5.74) is 15.4. The summed E-state index contributed by atoms with van der Waals surface area (Å²) in [7, 11) is 0. The molecule has 0 unspecified atom stereocenters. The van der Waals surface area contributed by atoms with Gasteiger partial charge in [0, 0.05) is 77.8 Å². The molecule has 70 heavy (non-hydrogen) atoms. The Bertz CT molecular complexity index is 3370. The molecule has 4 nitrogen and oxygen atoms in total. The zero-order valence-corrected chi connectivity index (χ0v) is 39.2. The summed E-state index contributed by atoms with van der Waals surface area (Å²) in [5.74, 6) is 0. The van der Waals surface area contributed by atoms with Crippen molar-refractivity contribution in [3.8, 4) is 0 Å². The normalized spacial score (nSPS) is 11.3. The molecule has 0 saturated carbocycles. The molecule has 0 atom stereocenters. The topological polar surface area (TPSA) is 13.0 Å². The van der Waals surface area contributed by atoms with Gasteiger partial charge in [0.15, 0.2) is 0 Å². The van der Waals surface area contributed by atoms with Crippen LogP contribution in [0.1, 0.15) is 11.1 Å². The van der Waals surface area contributed by atoms with Gasteiger partial charge in [-0.3, -0.25) is 0 Å². The van der Waals surface area contributed by atoms with Crippen LogP contribution in [0.3, 0.4) is 0 Å². The summed E-state index contributed by atoms with van der Waals surface area (Å²) in [6.45, 7) is 4.31. The van der Waals surface area contributed by atoms with Crippen molar-refractivity contribution in [3.05, 3.63) is 278 Å². The van der Waals surface area contributed by atoms with Crippen LogP contribution in [0.5, 0.6) is 0 Å². The van der Waals surface area contributed by atoms with E-state index in [1.807, 2.05) is 0 Å². The predicted molar refractivity (Wildman–Crippen MR) is 298 cm³/mol. The van der Waals surface area contributed by atoms with Crippen LogP contribution >= 0.6 is 0 Å². The fraction of sp³-hybridized carbons (Fsp3) is 0.0303. The molecule has 12 aromatic carbocycles. The molecule has 0 aliphatic heterocycles. The lowest BCUT2D eigenvalue weighted by molar-refractivity contribution is 1.26. The molecule has 334 valence electrons. The van der Waals surface area contributed by atoms with Crippen LogP contribution in [-0.4, -0.2) is 0 Å². The number of hydrogen-bond donors (Lipinski definition) is 0. The van der Waals surface area contributed by atoms with Crippen molar-refractivity contribution in [1.29, 1.82) is 0 Å². The van der Waals surface area contributed by atoms with Crippen molar-refractivity contribution in [2.24, 2.45) is 0 Å². The average Bonchev–Trinajstić information content (AvgIpc) is 3.42. The van der Waals surface area contributed by atoms with Gasteiger partial charge in [-0.15, -0.1) is 0 Å². The molecule has 0 aromatic heterocycles. The van der Waals surface area contributed by atoms with E-state index >= 15 is 0 Å². The van der Waals surface area contributed by atoms with Crippen LogP contribution in [0.4, 0.5) is 68.2 Å². The van der Waals surface area contributed by atoms with Gasteiger partial charge in [-0.05, 0) is 123 Å². The Labute approximate surface area is 410 Å². The number of rotatable bonds is 12. The van der Waals surface area contributed by atoms with E-state index in [2.05, 4.69) is 300 Å². The Balaban J connectivity index is 1.28. The minimum Gasteiger partial charge on any atom is -0.310 e. The molecule has 0 amide bonds. The fourth-order valence-corrected chi connectivity index (χ4v) is 10.2. The fourth-order valence-electron chi connectivity index (χ4n) is 10.2. The lowest BCUT2D eigenvalue weighted by atomic mass is 9.89. The Kier molecular flexibility index (Phi) is 11.0. The van der Waals surface area contributed by atoms with Gasteiger partial charge in [0.05, 0.1) is 22.7 Å². The summed E-state index contributed by atoms with van der Waals surface area (Å²) in [5, 5.41) is 6.98. The summed E-state index contributed by atoms with van der Waals surface area (Å²) in [6, 6.07) is 96.9. The molecule has 0 saturated heterocycles. The van der Waals surface area contributed by atoms with Gasteiger partial charge in [-0.25, -0.2) is 0 Å². The molecule has 12 rings (SSSR count). The van der Waals surface area contributed by atoms with E-state index < -0.39 is 0 Å². The number of hydrogen-bond acceptors (Lipinski definition) is 4. The largest absolute Gasteiger partial charge is 0.310 e. The second-order valence-corrected chi connectivity index (χ2v) is 17.9. The van der Waals surface area contributed by atoms with E-state index in [-0.39, 0.29) is 0 Å². The molecule has 4 heteroatoms. The van der Waals surface area contributed by atoms with Crippen LogP contribution in [-0.2, 0) is 0 Å². The summed E-state index contributed by atoms with van der Waals surface area (Å²) in [6.07, 6.45) is 0. The molecule has 0 fully saturated rings. The number of para-hydroxylation sites is 6. The Morgan fingerprint density at radius 1 is 0.200 bits per heavy atom. The third-order valence-corrected chi connectivity index (χ3v) is 13.4. The number of nitrogens with zero attached hydrogens (tertiary/aromatic N) is 4. The van der Waals surface area contributed by atoms with Gasteiger partial charge in [-0.2, -0.15) is 0 Å². The average molecular weight is 899 g/mol. The second kappa shape index (κ2) is 18.2. The molecule has 0 bridgehead atoms. The second-order valence-electron chi connectivity index (χ2n) is 17.9. The molecule has 0 aliphatic rings. The lowest BCUT2D eigenvalue weighted by Gasteiger charge is -2.34. The maximum atomic E-state index is 2.44. The van der Waals surface area contributed by atoms with E-state index in [0.29, 0.717) is 0 Å². The molecule has 0 spiro atoms. The first-order chi connectivity index (χ1) is 34.6. The smallest absolute Gasteiger partial charge is 0.0561 e. The predicted octanol–water partition coefficient (Wildman–Crippen LogP) is 19.1. The summed E-state index contributed by atoms with van der Waals surface area (Å²) in [4.78, 5) is 9.73. The summed E-state index contributed by atoms with van der Waals surface area (Å²) >= 11 is 0. The van der Waals surface area contributed by atoms with Crippen molar-refractivity contribution in [2.45, 2.75) is 13.8 Å². The van der Waals surface area contributed by atoms with E-state index in [0.717, 1.165) is 89.8 Å². The highest BCUT2D eigenvalue weighted by Gasteiger charge is 2.29. The Hall–Kier alpha value is -9.12. The van der Waals surface area contributed by atoms with Gasteiger partial charge in [0.1, 0.15) is 0 Å². The van der Waals surface area contributed by atoms with E-state index in [9.17, 15) is 0 Å². The van der Waals surface area contributed by atoms with Crippen molar-refractivity contribution in [2.75, 3.05) is 19.6 Å². The summed E-state index contributed by atoms with van der Waals surface area (Å²) < 4.78 is 0. The zero-order valence-electron chi connectivity index (χ0n) is 39.2. The van der Waals surface area contributed by atoms with Gasteiger partial charge in [0.2, 0.25) is 0 Å². The SMILES string of the molecule is Cc1ccc(N(c2ccccc2)c2cc(N(c3ccccc3)c3ccccc3)c3ccc4c(N(c5ccccc5)c5ccc(C)cc5)cc(N(c5ccccc5)c5ccccc5)c5ccc2c3c54)cc1. The monoisotopic (exact) mass is 898 g/mol. The maximum absolute atomic E-state index is 2.44. The Morgan fingerprint density at radius 3 is 0.586 bits per heavy atom. The first-order valence-corrected chi connectivity index (χ1v) is 24.0. The van der Waals surface area contributed by atoms with Crippen molar-refractivity contribution in [1.82, 2.24) is 0 Å². The minimum absolute atomic E-state index is 1.08. The van der Waals surface area contributed by atoms with Crippen molar-refractivity contribution >= 4 is 101 Å². The van der Waals surface area contributed by atoms with E-state index in [1.165, 1.54) is 21.9 Å². The molecule has 0 N–H and O–H groups in total. The van der Waals surface area contributed by atoms with Gasteiger partial charge in [0.25, 0.3) is 0 Å². The molecule has 0 heterocycles. The Morgan fingerprint density at radius 2 is 0.386 bits per heavy atom. The lowest BCUT2D eigenvalue weighted by Crippen LogP contribution is -2.16. The highest BCUT2D eigenvalue weighted by Crippen LogP contribution is 2.55. The van der Waals surface area contributed by atoms with Crippen LogP contribution in [0.15, 0.2) is 267 Å². The maximum Gasteiger partial charge on any atom is 0.0561 e. The van der Waals surface area contributed by atoms with Gasteiger partial charge in [-0.1, -0.05) is 169 Å². The first-order valence-electron chi connectivity index (χ1n) is 24.0. The highest BCUT2D eigenvalue weighted by molar-refractivity contribution is 6.33. The van der Waals surface area contributed by atoms with Gasteiger partial charge >= 0.3 is 0 Å². The quantitative estimate of drug-likeness (QED) is 0.113. The van der Waals surface area contributed by atoms with Gasteiger partial charge < -0.3 is 19.6 Å². The molecule has 12 aromatic rings. The zero-order chi connectivity index (χ0) is 47.0. The van der Waals surface area contributed by atoms with E-state index in [1.54, 1.807) is 0 Å². The van der Waals surface area contributed by atoms with Crippen molar-refractivity contribution < 1.29 is 0 Å². The van der Waals surface area contributed by atoms with Crippen molar-refractivity contribution in [3.63, 3.8) is 0 Å². The number of anilines is 12. The molecular formula is C66H50N4. The molecule has 0 aliphatic carbocycles. The number of aryl methyl sites for hydroxylation is 2. The van der Waals surface area contributed by atoms with Crippen LogP contribution in [0.25, 0.3) is 32.3 Å². The highest BCUT2D eigenvalue weighted by atomic mass is 15.2. The first kappa shape index (κ1) is 42.2.